The fourth-order valence-electron chi connectivity index (χ4n) is 2.24. The second-order valence-corrected chi connectivity index (χ2v) is 5.56. The van der Waals surface area contributed by atoms with Crippen LogP contribution in [0.3, 0.4) is 0 Å². The van der Waals surface area contributed by atoms with Gasteiger partial charge in [0.05, 0.1) is 6.10 Å². The van der Waals surface area contributed by atoms with Gasteiger partial charge in [-0.05, 0) is 43.7 Å². The first-order chi connectivity index (χ1) is 9.52. The molecule has 0 aliphatic heterocycles. The second kappa shape index (κ2) is 6.78. The summed E-state index contributed by atoms with van der Waals surface area (Å²) in [5, 5.41) is 10.7. The lowest BCUT2D eigenvalue weighted by Crippen LogP contribution is -2.20. The molecule has 0 radical (unpaired) electrons. The van der Waals surface area contributed by atoms with Crippen LogP contribution >= 0.6 is 11.6 Å². The number of aryl methyl sites for hydroxylation is 2. The van der Waals surface area contributed by atoms with Crippen LogP contribution < -0.4 is 4.74 Å². The van der Waals surface area contributed by atoms with E-state index in [1.54, 1.807) is 24.3 Å². The fraction of sp³-hybridized carbons (Fsp3) is 0.294. The molecule has 0 aliphatic rings. The summed E-state index contributed by atoms with van der Waals surface area (Å²) < 4.78 is 5.55. The smallest absolute Gasteiger partial charge is 0.119 e. The third kappa shape index (κ3) is 4.55. The lowest BCUT2D eigenvalue weighted by molar-refractivity contribution is 0.108. The van der Waals surface area contributed by atoms with Gasteiger partial charge in [-0.15, -0.1) is 0 Å². The molecule has 106 valence electrons. The molecule has 1 unspecified atom stereocenters. The van der Waals surface area contributed by atoms with Crippen LogP contribution in [0.1, 0.15) is 16.7 Å². The van der Waals surface area contributed by atoms with Crippen LogP contribution in [0.25, 0.3) is 0 Å². The van der Waals surface area contributed by atoms with Gasteiger partial charge in [0.25, 0.3) is 0 Å². The number of aliphatic hydroxyl groups excluding tert-OH is 1. The first-order valence-electron chi connectivity index (χ1n) is 6.66. The maximum atomic E-state index is 10.0. The van der Waals surface area contributed by atoms with E-state index >= 15 is 0 Å². The van der Waals surface area contributed by atoms with Crippen LogP contribution in [0.5, 0.6) is 5.75 Å². The first-order valence-corrected chi connectivity index (χ1v) is 7.04. The highest BCUT2D eigenvalue weighted by molar-refractivity contribution is 6.30. The first kappa shape index (κ1) is 14.9. The second-order valence-electron chi connectivity index (χ2n) is 5.12. The van der Waals surface area contributed by atoms with Crippen molar-refractivity contribution in [3.63, 3.8) is 0 Å². The molecule has 2 aromatic carbocycles. The summed E-state index contributed by atoms with van der Waals surface area (Å²) in [5.74, 6) is 0.717. The molecule has 20 heavy (non-hydrogen) atoms. The third-order valence-corrected chi connectivity index (χ3v) is 3.26. The Balaban J connectivity index is 1.88. The number of benzene rings is 2. The molecule has 0 spiro atoms. The highest BCUT2D eigenvalue weighted by Crippen LogP contribution is 2.16. The summed E-state index contributed by atoms with van der Waals surface area (Å²) in [7, 11) is 0. The standard InChI is InChI=1S/C17H19ClO2/c1-12-7-13(2)9-14(8-12)10-16(19)11-20-17-5-3-15(18)4-6-17/h3-9,16,19H,10-11H2,1-2H3. The summed E-state index contributed by atoms with van der Waals surface area (Å²) in [5.41, 5.74) is 3.56. The quantitative estimate of drug-likeness (QED) is 0.904. The minimum absolute atomic E-state index is 0.272. The molecule has 0 aromatic heterocycles. The molecular formula is C17H19ClO2. The van der Waals surface area contributed by atoms with Gasteiger partial charge < -0.3 is 9.84 Å². The zero-order valence-electron chi connectivity index (χ0n) is 11.8. The lowest BCUT2D eigenvalue weighted by atomic mass is 10.0. The molecule has 0 saturated carbocycles. The van der Waals surface area contributed by atoms with Crippen molar-refractivity contribution in [2.45, 2.75) is 26.4 Å². The Hall–Kier alpha value is -1.51. The Kier molecular flexibility index (Phi) is 5.05. The Morgan fingerprint density at radius 1 is 1.05 bits per heavy atom. The minimum Gasteiger partial charge on any atom is -0.491 e. The minimum atomic E-state index is -0.521. The zero-order valence-corrected chi connectivity index (χ0v) is 12.5. The maximum Gasteiger partial charge on any atom is 0.119 e. The number of halogens is 1. The van der Waals surface area contributed by atoms with Gasteiger partial charge in [0, 0.05) is 11.4 Å². The van der Waals surface area contributed by atoms with Crippen molar-refractivity contribution in [3.8, 4) is 5.75 Å². The van der Waals surface area contributed by atoms with Gasteiger partial charge in [-0.2, -0.15) is 0 Å². The van der Waals surface area contributed by atoms with Crippen LogP contribution in [0.4, 0.5) is 0 Å². The fourth-order valence-corrected chi connectivity index (χ4v) is 2.37. The molecule has 3 heteroatoms. The molecule has 1 atom stereocenters. The molecule has 2 rings (SSSR count). The molecule has 2 nitrogen and oxygen atoms in total. The van der Waals surface area contributed by atoms with Gasteiger partial charge in [-0.3, -0.25) is 0 Å². The zero-order chi connectivity index (χ0) is 14.5. The third-order valence-electron chi connectivity index (χ3n) is 3.01. The predicted molar refractivity (Wildman–Crippen MR) is 82.6 cm³/mol. The van der Waals surface area contributed by atoms with Gasteiger partial charge in [0.2, 0.25) is 0 Å². The molecule has 0 heterocycles. The summed E-state index contributed by atoms with van der Waals surface area (Å²) in [4.78, 5) is 0. The summed E-state index contributed by atoms with van der Waals surface area (Å²) in [6.07, 6.45) is 0.0720. The largest absolute Gasteiger partial charge is 0.491 e. The van der Waals surface area contributed by atoms with Crippen LogP contribution in [0, 0.1) is 13.8 Å². The topological polar surface area (TPSA) is 29.5 Å². The maximum absolute atomic E-state index is 10.0. The van der Waals surface area contributed by atoms with Gasteiger partial charge in [0.15, 0.2) is 0 Å². The van der Waals surface area contributed by atoms with E-state index in [2.05, 4.69) is 32.0 Å². The Bertz CT molecular complexity index is 543. The number of ether oxygens (including phenoxy) is 1. The highest BCUT2D eigenvalue weighted by atomic mass is 35.5. The van der Waals surface area contributed by atoms with Gasteiger partial charge in [-0.25, -0.2) is 0 Å². The average molecular weight is 291 g/mol. The molecule has 0 bridgehead atoms. The van der Waals surface area contributed by atoms with E-state index in [9.17, 15) is 5.11 Å². The molecule has 0 amide bonds. The molecule has 0 fully saturated rings. The number of rotatable bonds is 5. The molecule has 0 saturated heterocycles. The lowest BCUT2D eigenvalue weighted by Gasteiger charge is -2.13. The van der Waals surface area contributed by atoms with Gasteiger partial charge in [-0.1, -0.05) is 40.9 Å². The highest BCUT2D eigenvalue weighted by Gasteiger charge is 2.07. The van der Waals surface area contributed by atoms with E-state index in [1.807, 2.05) is 0 Å². The Labute approximate surface area is 125 Å². The van der Waals surface area contributed by atoms with Crippen molar-refractivity contribution in [2.24, 2.45) is 0 Å². The van der Waals surface area contributed by atoms with Crippen molar-refractivity contribution < 1.29 is 9.84 Å². The van der Waals surface area contributed by atoms with E-state index in [1.165, 1.54) is 11.1 Å². The van der Waals surface area contributed by atoms with Crippen molar-refractivity contribution in [1.29, 1.82) is 0 Å². The van der Waals surface area contributed by atoms with Crippen molar-refractivity contribution in [2.75, 3.05) is 6.61 Å². The summed E-state index contributed by atoms with van der Waals surface area (Å²) in [6, 6.07) is 13.5. The van der Waals surface area contributed by atoms with Crippen LogP contribution in [0.2, 0.25) is 5.02 Å². The monoisotopic (exact) mass is 290 g/mol. The Morgan fingerprint density at radius 2 is 1.65 bits per heavy atom. The van der Waals surface area contributed by atoms with Crippen molar-refractivity contribution in [1.82, 2.24) is 0 Å². The molecule has 0 aliphatic carbocycles. The van der Waals surface area contributed by atoms with Crippen molar-refractivity contribution in [3.05, 3.63) is 64.2 Å². The summed E-state index contributed by atoms with van der Waals surface area (Å²) >= 11 is 5.81. The molecule has 2 aromatic rings. The average Bonchev–Trinajstić information content (AvgIpc) is 2.37. The predicted octanol–water partition coefficient (Wildman–Crippen LogP) is 3.94. The van der Waals surface area contributed by atoms with Gasteiger partial charge >= 0.3 is 0 Å². The summed E-state index contributed by atoms with van der Waals surface area (Å²) in [6.45, 7) is 4.40. The van der Waals surface area contributed by atoms with Crippen LogP contribution in [-0.2, 0) is 6.42 Å². The number of hydrogen-bond donors (Lipinski definition) is 1. The number of aliphatic hydroxyl groups is 1. The van der Waals surface area contributed by atoms with Crippen LogP contribution in [-0.4, -0.2) is 17.8 Å². The van der Waals surface area contributed by atoms with E-state index < -0.39 is 6.10 Å². The molecular weight excluding hydrogens is 272 g/mol. The normalized spacial score (nSPS) is 12.2. The van der Waals surface area contributed by atoms with Crippen LogP contribution in [0.15, 0.2) is 42.5 Å². The van der Waals surface area contributed by atoms with E-state index in [4.69, 9.17) is 16.3 Å². The Morgan fingerprint density at radius 3 is 2.25 bits per heavy atom. The molecule has 1 N–H and O–H groups in total. The van der Waals surface area contributed by atoms with E-state index in [-0.39, 0.29) is 6.61 Å². The van der Waals surface area contributed by atoms with E-state index in [0.717, 1.165) is 5.56 Å². The SMILES string of the molecule is Cc1cc(C)cc(CC(O)COc2ccc(Cl)cc2)c1. The van der Waals surface area contributed by atoms with Crippen molar-refractivity contribution >= 4 is 11.6 Å². The van der Waals surface area contributed by atoms with Gasteiger partial charge in [0.1, 0.15) is 12.4 Å². The van der Waals surface area contributed by atoms with E-state index in [0.29, 0.717) is 17.2 Å². The number of hydrogen-bond acceptors (Lipinski definition) is 2.